The first-order valence-corrected chi connectivity index (χ1v) is 10.2. The van der Waals surface area contributed by atoms with Crippen LogP contribution in [0.15, 0.2) is 42.7 Å². The molecule has 0 saturated carbocycles. The van der Waals surface area contributed by atoms with Crippen LogP contribution in [0.4, 0.5) is 5.69 Å². The van der Waals surface area contributed by atoms with E-state index in [0.29, 0.717) is 22.8 Å². The van der Waals surface area contributed by atoms with Crippen LogP contribution in [0.2, 0.25) is 5.02 Å². The summed E-state index contributed by atoms with van der Waals surface area (Å²) in [6, 6.07) is 11.0. The molecule has 3 aromatic heterocycles. The van der Waals surface area contributed by atoms with Gasteiger partial charge < -0.3 is 10.2 Å². The maximum absolute atomic E-state index is 6.68. The molecule has 0 bridgehead atoms. The summed E-state index contributed by atoms with van der Waals surface area (Å²) in [5.41, 5.74) is 4.54. The quantitative estimate of drug-likeness (QED) is 0.544. The average Bonchev–Trinajstić information content (AvgIpc) is 3.06. The van der Waals surface area contributed by atoms with Crippen molar-refractivity contribution in [3.63, 3.8) is 0 Å². The third-order valence-corrected chi connectivity index (χ3v) is 5.75. The van der Waals surface area contributed by atoms with Gasteiger partial charge in [-0.1, -0.05) is 17.7 Å². The zero-order valence-electron chi connectivity index (χ0n) is 16.7. The molecular formula is C22H23ClN6. The molecule has 1 aliphatic heterocycles. The summed E-state index contributed by atoms with van der Waals surface area (Å²) in [5.74, 6) is 0. The first-order valence-electron chi connectivity index (χ1n) is 9.87. The van der Waals surface area contributed by atoms with Crippen molar-refractivity contribution in [2.24, 2.45) is 7.05 Å². The van der Waals surface area contributed by atoms with Gasteiger partial charge in [-0.05, 0) is 38.1 Å². The van der Waals surface area contributed by atoms with E-state index in [-0.39, 0.29) is 0 Å². The third kappa shape index (κ3) is 3.43. The molecule has 1 aromatic carbocycles. The Balaban J connectivity index is 1.54. The summed E-state index contributed by atoms with van der Waals surface area (Å²) < 4.78 is 1.82. The van der Waals surface area contributed by atoms with Crippen molar-refractivity contribution in [2.75, 3.05) is 18.0 Å². The minimum atomic E-state index is 0.438. The Hall–Kier alpha value is -2.70. The van der Waals surface area contributed by atoms with Crippen LogP contribution in [0, 0.1) is 0 Å². The van der Waals surface area contributed by atoms with Crippen molar-refractivity contribution < 1.29 is 0 Å². The van der Waals surface area contributed by atoms with Gasteiger partial charge in [0.1, 0.15) is 0 Å². The predicted molar refractivity (Wildman–Crippen MR) is 119 cm³/mol. The molecule has 29 heavy (non-hydrogen) atoms. The van der Waals surface area contributed by atoms with Gasteiger partial charge >= 0.3 is 0 Å². The molecule has 1 saturated heterocycles. The van der Waals surface area contributed by atoms with E-state index >= 15 is 0 Å². The molecule has 148 valence electrons. The van der Waals surface area contributed by atoms with Gasteiger partial charge in [-0.2, -0.15) is 5.10 Å². The molecule has 0 radical (unpaired) electrons. The normalized spacial score (nSPS) is 19.9. The van der Waals surface area contributed by atoms with Gasteiger partial charge in [0.15, 0.2) is 5.65 Å². The highest BCUT2D eigenvalue weighted by atomic mass is 35.5. The van der Waals surface area contributed by atoms with Gasteiger partial charge in [-0.25, -0.2) is 9.97 Å². The van der Waals surface area contributed by atoms with Crippen LogP contribution < -0.4 is 10.2 Å². The van der Waals surface area contributed by atoms with Crippen molar-refractivity contribution in [3.05, 3.63) is 47.7 Å². The highest BCUT2D eigenvalue weighted by molar-refractivity contribution is 6.35. The lowest BCUT2D eigenvalue weighted by Crippen LogP contribution is -2.54. The summed E-state index contributed by atoms with van der Waals surface area (Å²) in [6.45, 7) is 6.31. The number of nitrogens with one attached hydrogen (secondary N) is 1. The number of aromatic nitrogens is 4. The van der Waals surface area contributed by atoms with Crippen LogP contribution in [-0.4, -0.2) is 44.9 Å². The first kappa shape index (κ1) is 18.3. The monoisotopic (exact) mass is 406 g/mol. The molecule has 4 heterocycles. The average molecular weight is 407 g/mol. The molecule has 7 heteroatoms. The van der Waals surface area contributed by atoms with E-state index in [1.165, 1.54) is 0 Å². The lowest BCUT2D eigenvalue weighted by Gasteiger charge is -2.37. The summed E-state index contributed by atoms with van der Waals surface area (Å²) >= 11 is 6.68. The van der Waals surface area contributed by atoms with E-state index in [1.807, 2.05) is 42.3 Å². The van der Waals surface area contributed by atoms with E-state index in [1.54, 1.807) is 0 Å². The van der Waals surface area contributed by atoms with Gasteiger partial charge in [0.25, 0.3) is 0 Å². The SMILES string of the molecule is C[C@H]1CN(c2cnc3nc(-c4ccc5nn(C)cc5c4)cc(Cl)c3c2)C[C@H](C)N1. The van der Waals surface area contributed by atoms with Crippen LogP contribution in [0.25, 0.3) is 33.2 Å². The van der Waals surface area contributed by atoms with Gasteiger partial charge in [0.2, 0.25) is 0 Å². The van der Waals surface area contributed by atoms with E-state index in [9.17, 15) is 0 Å². The number of fused-ring (bicyclic) bond motifs is 2. The molecule has 6 nitrogen and oxygen atoms in total. The van der Waals surface area contributed by atoms with Crippen LogP contribution in [0.3, 0.4) is 0 Å². The number of aryl methyl sites for hydroxylation is 1. The van der Waals surface area contributed by atoms with Gasteiger partial charge in [-0.15, -0.1) is 0 Å². The fraction of sp³-hybridized carbons (Fsp3) is 0.318. The predicted octanol–water partition coefficient (Wildman–Crippen LogP) is 4.02. The van der Waals surface area contributed by atoms with Gasteiger partial charge in [0, 0.05) is 54.8 Å². The fourth-order valence-corrected chi connectivity index (χ4v) is 4.46. The van der Waals surface area contributed by atoms with E-state index < -0.39 is 0 Å². The minimum Gasteiger partial charge on any atom is -0.367 e. The lowest BCUT2D eigenvalue weighted by molar-refractivity contribution is 0.407. The molecule has 5 rings (SSSR count). The minimum absolute atomic E-state index is 0.438. The largest absolute Gasteiger partial charge is 0.367 e. The zero-order valence-corrected chi connectivity index (χ0v) is 17.5. The standard InChI is InChI=1S/C22H23ClN6/c1-13-10-29(11-14(2)25-13)17-7-18-19(23)8-21(26-22(18)24-9-17)15-4-5-20-16(6-15)12-28(3)27-20/h4-9,12-14,25H,10-11H2,1-3H3/t13-,14-/m0/s1. The number of nitrogens with zero attached hydrogens (tertiary/aromatic N) is 5. The highest BCUT2D eigenvalue weighted by Gasteiger charge is 2.22. The summed E-state index contributed by atoms with van der Waals surface area (Å²) in [6.07, 6.45) is 3.91. The number of piperazine rings is 1. The molecule has 0 unspecified atom stereocenters. The molecule has 0 spiro atoms. The second-order valence-electron chi connectivity index (χ2n) is 8.00. The Morgan fingerprint density at radius 1 is 1.10 bits per heavy atom. The van der Waals surface area contributed by atoms with E-state index in [0.717, 1.165) is 46.3 Å². The molecule has 1 fully saturated rings. The van der Waals surface area contributed by atoms with Gasteiger partial charge in [0.05, 0.1) is 28.1 Å². The molecule has 2 atom stereocenters. The van der Waals surface area contributed by atoms with Crippen molar-refractivity contribution in [1.82, 2.24) is 25.1 Å². The Morgan fingerprint density at radius 2 is 1.90 bits per heavy atom. The van der Waals surface area contributed by atoms with Crippen molar-refractivity contribution in [1.29, 1.82) is 0 Å². The van der Waals surface area contributed by atoms with Crippen molar-refractivity contribution in [2.45, 2.75) is 25.9 Å². The highest BCUT2D eigenvalue weighted by Crippen LogP contribution is 2.31. The Kier molecular flexibility index (Phi) is 4.41. The summed E-state index contributed by atoms with van der Waals surface area (Å²) in [5, 5.41) is 10.6. The number of halogens is 1. The third-order valence-electron chi connectivity index (χ3n) is 5.44. The second kappa shape index (κ2) is 6.97. The topological polar surface area (TPSA) is 58.9 Å². The molecule has 0 aliphatic carbocycles. The summed E-state index contributed by atoms with van der Waals surface area (Å²) in [4.78, 5) is 11.8. The number of hydrogen-bond acceptors (Lipinski definition) is 5. The lowest BCUT2D eigenvalue weighted by atomic mass is 10.1. The maximum Gasteiger partial charge on any atom is 0.161 e. The van der Waals surface area contributed by atoms with Crippen molar-refractivity contribution in [3.8, 4) is 11.3 Å². The van der Waals surface area contributed by atoms with Crippen LogP contribution in [-0.2, 0) is 7.05 Å². The van der Waals surface area contributed by atoms with E-state index in [4.69, 9.17) is 16.6 Å². The first-order chi connectivity index (χ1) is 14.0. The number of hydrogen-bond donors (Lipinski definition) is 1. The molecule has 1 aliphatic rings. The fourth-order valence-electron chi connectivity index (χ4n) is 4.22. The molecular weight excluding hydrogens is 384 g/mol. The smallest absolute Gasteiger partial charge is 0.161 e. The van der Waals surface area contributed by atoms with Crippen LogP contribution in [0.1, 0.15) is 13.8 Å². The van der Waals surface area contributed by atoms with Gasteiger partial charge in [-0.3, -0.25) is 4.68 Å². The Morgan fingerprint density at radius 3 is 2.69 bits per heavy atom. The number of rotatable bonds is 2. The molecule has 4 aromatic rings. The second-order valence-corrected chi connectivity index (χ2v) is 8.41. The number of anilines is 1. The number of pyridine rings is 2. The Labute approximate surface area is 174 Å². The van der Waals surface area contributed by atoms with Crippen molar-refractivity contribution >= 4 is 39.2 Å². The molecule has 1 N–H and O–H groups in total. The van der Waals surface area contributed by atoms with Crippen LogP contribution >= 0.6 is 11.6 Å². The van der Waals surface area contributed by atoms with Crippen LogP contribution in [0.5, 0.6) is 0 Å². The molecule has 0 amide bonds. The Bertz CT molecular complexity index is 1210. The maximum atomic E-state index is 6.68. The number of benzene rings is 1. The van der Waals surface area contributed by atoms with E-state index in [2.05, 4.69) is 46.3 Å². The zero-order chi connectivity index (χ0) is 20.1. The summed E-state index contributed by atoms with van der Waals surface area (Å²) in [7, 11) is 1.92.